The molecule has 0 amide bonds. The van der Waals surface area contributed by atoms with Crippen molar-refractivity contribution >= 4 is 22.5 Å². The zero-order valence-corrected chi connectivity index (χ0v) is 14.6. The van der Waals surface area contributed by atoms with E-state index in [4.69, 9.17) is 16.3 Å². The van der Waals surface area contributed by atoms with Crippen LogP contribution in [0.5, 0.6) is 5.75 Å². The van der Waals surface area contributed by atoms with Gasteiger partial charge in [-0.3, -0.25) is 4.79 Å². The zero-order chi connectivity index (χ0) is 19.8. The predicted octanol–water partition coefficient (Wildman–Crippen LogP) is 4.10. The average Bonchev–Trinajstić information content (AvgIpc) is 3.10. The van der Waals surface area contributed by atoms with Gasteiger partial charge in [-0.1, -0.05) is 11.6 Å². The summed E-state index contributed by atoms with van der Waals surface area (Å²) in [6, 6.07) is 5.57. The van der Waals surface area contributed by atoms with E-state index in [1.54, 1.807) is 25.3 Å². The van der Waals surface area contributed by atoms with E-state index in [2.05, 4.69) is 14.7 Å². The second-order valence-corrected chi connectivity index (χ2v) is 5.89. The molecule has 10 heteroatoms. The van der Waals surface area contributed by atoms with Crippen LogP contribution in [0.4, 0.5) is 13.2 Å². The Kier molecular flexibility index (Phi) is 5.18. The van der Waals surface area contributed by atoms with Crippen LogP contribution in [-0.4, -0.2) is 28.0 Å². The number of alkyl halides is 3. The first-order valence-corrected chi connectivity index (χ1v) is 8.18. The molecular weight excluding hydrogens is 389 g/mol. The summed E-state index contributed by atoms with van der Waals surface area (Å²) in [5.74, 6) is -0.732. The normalized spacial score (nSPS) is 13.1. The van der Waals surface area contributed by atoms with Gasteiger partial charge in [0, 0.05) is 18.2 Å². The molecular formula is C17H14ClF3N2O4. The molecule has 0 radical (unpaired) electrons. The summed E-state index contributed by atoms with van der Waals surface area (Å²) in [4.78, 5) is 18.5. The summed E-state index contributed by atoms with van der Waals surface area (Å²) in [6.45, 7) is 1.74. The fourth-order valence-electron chi connectivity index (χ4n) is 2.71. The number of pyridine rings is 1. The maximum absolute atomic E-state index is 12.9. The maximum atomic E-state index is 12.9. The largest absolute Gasteiger partial charge is 0.573 e. The van der Waals surface area contributed by atoms with Gasteiger partial charge < -0.3 is 24.5 Å². The van der Waals surface area contributed by atoms with E-state index < -0.39 is 23.8 Å². The van der Waals surface area contributed by atoms with Crippen LogP contribution >= 0.6 is 11.6 Å². The first-order valence-electron chi connectivity index (χ1n) is 7.80. The van der Waals surface area contributed by atoms with Crippen LogP contribution in [0.2, 0.25) is 5.02 Å². The SMILES string of the molecule is CCOC(O)c1c(-c2ccc[nH]2)[nH]c2c(OC(F)(F)F)c(Cl)ccc2c1=O. The maximum Gasteiger partial charge on any atom is 0.573 e. The number of ether oxygens (including phenoxy) is 2. The van der Waals surface area contributed by atoms with Crippen molar-refractivity contribution in [2.24, 2.45) is 0 Å². The molecule has 144 valence electrons. The number of H-pyrrole nitrogens is 2. The van der Waals surface area contributed by atoms with Gasteiger partial charge in [0.2, 0.25) is 0 Å². The lowest BCUT2D eigenvalue weighted by atomic mass is 10.1. The average molecular weight is 403 g/mol. The van der Waals surface area contributed by atoms with Gasteiger partial charge in [0.1, 0.15) is 0 Å². The molecule has 3 aromatic rings. The minimum absolute atomic E-state index is 0.0627. The number of aromatic nitrogens is 2. The van der Waals surface area contributed by atoms with Gasteiger partial charge in [-0.25, -0.2) is 0 Å². The number of rotatable bonds is 5. The Morgan fingerprint density at radius 3 is 2.63 bits per heavy atom. The molecule has 1 unspecified atom stereocenters. The van der Waals surface area contributed by atoms with Crippen molar-refractivity contribution in [2.75, 3.05) is 6.61 Å². The van der Waals surface area contributed by atoms with E-state index in [1.807, 2.05) is 0 Å². The summed E-state index contributed by atoms with van der Waals surface area (Å²) in [7, 11) is 0. The molecule has 0 spiro atoms. The number of hydrogen-bond donors (Lipinski definition) is 3. The van der Waals surface area contributed by atoms with Crippen LogP contribution in [0.25, 0.3) is 22.3 Å². The molecule has 0 saturated heterocycles. The van der Waals surface area contributed by atoms with Crippen LogP contribution in [0.3, 0.4) is 0 Å². The van der Waals surface area contributed by atoms with E-state index in [0.29, 0.717) is 5.69 Å². The standard InChI is InChI=1S/C17H14ClF3N2O4/c1-2-26-16(25)11-13(10-4-3-7-22-10)23-12-8(14(11)24)5-6-9(18)15(12)27-17(19,20)21/h3-7,16,22,25H,2H2,1H3,(H,23,24). The molecule has 0 aliphatic heterocycles. The molecule has 6 nitrogen and oxygen atoms in total. The highest BCUT2D eigenvalue weighted by Gasteiger charge is 2.34. The summed E-state index contributed by atoms with van der Waals surface area (Å²) in [5.41, 5.74) is -0.680. The fraction of sp³-hybridized carbons (Fsp3) is 0.235. The smallest absolute Gasteiger partial charge is 0.402 e. The molecule has 2 aromatic heterocycles. The van der Waals surface area contributed by atoms with E-state index >= 15 is 0 Å². The van der Waals surface area contributed by atoms with Gasteiger partial charge in [-0.05, 0) is 31.2 Å². The first-order chi connectivity index (χ1) is 12.7. The molecule has 27 heavy (non-hydrogen) atoms. The Labute approximate surface area is 155 Å². The van der Waals surface area contributed by atoms with Gasteiger partial charge in [0.25, 0.3) is 0 Å². The quantitative estimate of drug-likeness (QED) is 0.561. The minimum Gasteiger partial charge on any atom is -0.402 e. The Morgan fingerprint density at radius 2 is 2.04 bits per heavy atom. The summed E-state index contributed by atoms with van der Waals surface area (Å²) in [6.07, 6.45) is -5.03. The van der Waals surface area contributed by atoms with Crippen molar-refractivity contribution in [2.45, 2.75) is 19.6 Å². The van der Waals surface area contributed by atoms with E-state index in [9.17, 15) is 23.1 Å². The topological polar surface area (TPSA) is 87.3 Å². The third-order valence-electron chi connectivity index (χ3n) is 3.77. The van der Waals surface area contributed by atoms with Crippen molar-refractivity contribution < 1.29 is 27.8 Å². The third-order valence-corrected chi connectivity index (χ3v) is 4.07. The van der Waals surface area contributed by atoms with Crippen LogP contribution in [0.15, 0.2) is 35.3 Å². The van der Waals surface area contributed by atoms with Crippen LogP contribution in [0, 0.1) is 0 Å². The predicted molar refractivity (Wildman–Crippen MR) is 92.6 cm³/mol. The highest BCUT2D eigenvalue weighted by atomic mass is 35.5. The lowest BCUT2D eigenvalue weighted by Crippen LogP contribution is -2.21. The summed E-state index contributed by atoms with van der Waals surface area (Å²) >= 11 is 5.86. The summed E-state index contributed by atoms with van der Waals surface area (Å²) < 4.78 is 47.5. The molecule has 2 heterocycles. The second-order valence-electron chi connectivity index (χ2n) is 5.48. The molecule has 0 aliphatic carbocycles. The fourth-order valence-corrected chi connectivity index (χ4v) is 2.91. The van der Waals surface area contributed by atoms with Crippen LogP contribution < -0.4 is 10.2 Å². The number of aliphatic hydroxyl groups excluding tert-OH is 1. The molecule has 3 N–H and O–H groups in total. The van der Waals surface area contributed by atoms with E-state index in [0.717, 1.165) is 6.07 Å². The Hall–Kier alpha value is -2.49. The summed E-state index contributed by atoms with van der Waals surface area (Å²) in [5, 5.41) is 9.79. The van der Waals surface area contributed by atoms with Crippen molar-refractivity contribution in [1.29, 1.82) is 0 Å². The van der Waals surface area contributed by atoms with Crippen molar-refractivity contribution in [3.8, 4) is 17.1 Å². The molecule has 0 fully saturated rings. The Morgan fingerprint density at radius 1 is 1.30 bits per heavy atom. The number of aliphatic hydroxyl groups is 1. The number of hydrogen-bond acceptors (Lipinski definition) is 4. The molecule has 0 bridgehead atoms. The van der Waals surface area contributed by atoms with Gasteiger partial charge in [-0.2, -0.15) is 0 Å². The van der Waals surface area contributed by atoms with Crippen LogP contribution in [0.1, 0.15) is 18.8 Å². The number of aromatic amines is 2. The highest BCUT2D eigenvalue weighted by Crippen LogP contribution is 2.37. The monoisotopic (exact) mass is 402 g/mol. The Balaban J connectivity index is 2.37. The van der Waals surface area contributed by atoms with Gasteiger partial charge in [-0.15, -0.1) is 13.2 Å². The second kappa shape index (κ2) is 7.26. The van der Waals surface area contributed by atoms with Gasteiger partial charge >= 0.3 is 6.36 Å². The molecule has 0 aliphatic rings. The lowest BCUT2D eigenvalue weighted by Gasteiger charge is -2.18. The molecule has 1 aromatic carbocycles. The van der Waals surface area contributed by atoms with Gasteiger partial charge in [0.05, 0.1) is 27.5 Å². The number of fused-ring (bicyclic) bond motifs is 1. The number of benzene rings is 1. The van der Waals surface area contributed by atoms with Crippen LogP contribution in [-0.2, 0) is 4.74 Å². The highest BCUT2D eigenvalue weighted by molar-refractivity contribution is 6.33. The van der Waals surface area contributed by atoms with Gasteiger partial charge in [0.15, 0.2) is 17.5 Å². The zero-order valence-electron chi connectivity index (χ0n) is 13.9. The molecule has 1 atom stereocenters. The minimum atomic E-state index is -5.01. The Bertz CT molecular complexity index is 1020. The third kappa shape index (κ3) is 3.80. The number of nitrogens with one attached hydrogen (secondary N) is 2. The molecule has 0 saturated carbocycles. The van der Waals surface area contributed by atoms with E-state index in [1.165, 1.54) is 6.07 Å². The van der Waals surface area contributed by atoms with Crippen molar-refractivity contribution in [3.05, 3.63) is 51.3 Å². The van der Waals surface area contributed by atoms with E-state index in [-0.39, 0.29) is 33.8 Å². The van der Waals surface area contributed by atoms with Crippen molar-refractivity contribution in [1.82, 2.24) is 9.97 Å². The first kappa shape index (κ1) is 19.3. The lowest BCUT2D eigenvalue weighted by molar-refractivity contribution is -0.274. The van der Waals surface area contributed by atoms with Crippen molar-refractivity contribution in [3.63, 3.8) is 0 Å². The molecule has 3 rings (SSSR count). The number of halogens is 4.